The normalized spacial score (nSPS) is 11.0. The molecule has 3 rings (SSSR count). The third-order valence-electron chi connectivity index (χ3n) is 3.70. The number of phenols is 1. The molecule has 1 amide bonds. The zero-order valence-electron chi connectivity index (χ0n) is 16.3. The second-order valence-corrected chi connectivity index (χ2v) is 8.64. The monoisotopic (exact) mass is 560 g/mol. The molecule has 1 heterocycles. The number of halogens is 3. The van der Waals surface area contributed by atoms with Crippen molar-refractivity contribution in [3.63, 3.8) is 0 Å². The van der Waals surface area contributed by atoms with Crippen molar-refractivity contribution in [2.24, 2.45) is 5.10 Å². The molecule has 9 nitrogen and oxygen atoms in total. The van der Waals surface area contributed by atoms with Crippen molar-refractivity contribution in [2.45, 2.75) is 11.8 Å². The van der Waals surface area contributed by atoms with Crippen LogP contribution in [0, 0.1) is 0 Å². The average molecular weight is 562 g/mol. The molecule has 0 aliphatic heterocycles. The maximum Gasteiger partial charge on any atom is 0.277 e. The van der Waals surface area contributed by atoms with Crippen molar-refractivity contribution in [3.05, 3.63) is 56.3 Å². The summed E-state index contributed by atoms with van der Waals surface area (Å²) in [4.78, 5) is 12.0. The summed E-state index contributed by atoms with van der Waals surface area (Å²) in [5, 5.41) is 22.7. The first-order valence-electron chi connectivity index (χ1n) is 8.77. The SMILES string of the molecule is COc1cc(Br)cc(/C=N\NC(=O)CSc2nnc(COc3ccc(Cl)cc3Cl)o2)c1O. The van der Waals surface area contributed by atoms with Gasteiger partial charge in [-0.3, -0.25) is 4.79 Å². The van der Waals surface area contributed by atoms with E-state index in [0.717, 1.165) is 11.8 Å². The maximum absolute atomic E-state index is 12.0. The van der Waals surface area contributed by atoms with Gasteiger partial charge in [0.25, 0.3) is 17.0 Å². The van der Waals surface area contributed by atoms with Crippen molar-refractivity contribution in [1.82, 2.24) is 15.6 Å². The van der Waals surface area contributed by atoms with Crippen LogP contribution in [-0.4, -0.2) is 40.3 Å². The van der Waals surface area contributed by atoms with Crippen molar-refractivity contribution >= 4 is 63.0 Å². The Labute approximate surface area is 205 Å². The Morgan fingerprint density at radius 2 is 2.12 bits per heavy atom. The maximum atomic E-state index is 12.0. The zero-order chi connectivity index (χ0) is 23.1. The number of aromatic nitrogens is 2. The Kier molecular flexibility index (Phi) is 8.62. The molecule has 0 unspecified atom stereocenters. The van der Waals surface area contributed by atoms with E-state index < -0.39 is 5.91 Å². The minimum Gasteiger partial charge on any atom is -0.504 e. The summed E-state index contributed by atoms with van der Waals surface area (Å²) in [6.45, 7) is 0.00495. The fourth-order valence-electron chi connectivity index (χ4n) is 2.27. The molecule has 2 aromatic carbocycles. The van der Waals surface area contributed by atoms with Crippen molar-refractivity contribution in [2.75, 3.05) is 12.9 Å². The number of thioether (sulfide) groups is 1. The van der Waals surface area contributed by atoms with E-state index in [1.807, 2.05) is 0 Å². The van der Waals surface area contributed by atoms with E-state index in [1.165, 1.54) is 13.3 Å². The molecule has 0 saturated heterocycles. The number of nitrogens with zero attached hydrogens (tertiary/aromatic N) is 3. The summed E-state index contributed by atoms with van der Waals surface area (Å²) in [6.07, 6.45) is 1.30. The first-order chi connectivity index (χ1) is 15.4. The van der Waals surface area contributed by atoms with Crippen molar-refractivity contribution in [1.29, 1.82) is 0 Å². The highest BCUT2D eigenvalue weighted by Gasteiger charge is 2.12. The van der Waals surface area contributed by atoms with Crippen LogP contribution in [0.4, 0.5) is 0 Å². The molecule has 13 heteroatoms. The lowest BCUT2D eigenvalue weighted by Gasteiger charge is -2.06. The molecule has 0 aliphatic rings. The van der Waals surface area contributed by atoms with Gasteiger partial charge in [-0.15, -0.1) is 10.2 Å². The molecule has 1 aromatic heterocycles. The summed E-state index contributed by atoms with van der Waals surface area (Å²) < 4.78 is 16.7. The summed E-state index contributed by atoms with van der Waals surface area (Å²) in [7, 11) is 1.43. The molecule has 168 valence electrons. The molecule has 0 bridgehead atoms. The number of methoxy groups -OCH3 is 1. The Bertz CT molecular complexity index is 1140. The molecule has 0 atom stereocenters. The quantitative estimate of drug-likeness (QED) is 0.220. The van der Waals surface area contributed by atoms with Gasteiger partial charge >= 0.3 is 0 Å². The number of ether oxygens (including phenoxy) is 2. The first kappa shape index (κ1) is 24.2. The predicted octanol–water partition coefficient (Wildman–Crippen LogP) is 4.67. The van der Waals surface area contributed by atoms with Crippen molar-refractivity contribution < 1.29 is 23.8 Å². The van der Waals surface area contributed by atoms with Crippen LogP contribution in [0.5, 0.6) is 17.2 Å². The summed E-state index contributed by atoms with van der Waals surface area (Å²) in [6, 6.07) is 8.07. The zero-order valence-corrected chi connectivity index (χ0v) is 20.3. The van der Waals surface area contributed by atoms with Crippen LogP contribution in [-0.2, 0) is 11.4 Å². The topological polar surface area (TPSA) is 119 Å². The summed E-state index contributed by atoms with van der Waals surface area (Å²) in [5.74, 6) is 0.402. The van der Waals surface area contributed by atoms with Gasteiger partial charge in [0.05, 0.1) is 24.1 Å². The molecular weight excluding hydrogens is 547 g/mol. The number of phenolic OH excluding ortho intramolecular Hbond substituents is 1. The number of aromatic hydroxyl groups is 1. The summed E-state index contributed by atoms with van der Waals surface area (Å²) >= 11 is 16.2. The molecule has 0 saturated carbocycles. The Morgan fingerprint density at radius 1 is 1.31 bits per heavy atom. The Hall–Kier alpha value is -2.47. The third-order valence-corrected chi connectivity index (χ3v) is 5.51. The molecule has 2 N–H and O–H groups in total. The number of nitrogens with one attached hydrogen (secondary N) is 1. The molecule has 0 fully saturated rings. The van der Waals surface area contributed by atoms with Gasteiger partial charge in [-0.05, 0) is 30.3 Å². The van der Waals surface area contributed by atoms with Crippen LogP contribution in [0.2, 0.25) is 10.0 Å². The highest BCUT2D eigenvalue weighted by atomic mass is 79.9. The van der Waals surface area contributed by atoms with Gasteiger partial charge in [0.1, 0.15) is 5.75 Å². The molecule has 0 spiro atoms. The lowest BCUT2D eigenvalue weighted by molar-refractivity contribution is -0.118. The highest BCUT2D eigenvalue weighted by molar-refractivity contribution is 9.10. The van der Waals surface area contributed by atoms with Crippen LogP contribution in [0.1, 0.15) is 11.5 Å². The lowest BCUT2D eigenvalue weighted by atomic mass is 10.2. The lowest BCUT2D eigenvalue weighted by Crippen LogP contribution is -2.19. The van der Waals surface area contributed by atoms with Gasteiger partial charge < -0.3 is 19.0 Å². The second kappa shape index (κ2) is 11.4. The smallest absolute Gasteiger partial charge is 0.277 e. The fourth-order valence-corrected chi connectivity index (χ4v) is 3.76. The van der Waals surface area contributed by atoms with Crippen molar-refractivity contribution in [3.8, 4) is 17.2 Å². The standard InChI is InChI=1S/C19H15BrCl2N4O5S/c1-29-15-5-11(20)4-10(18(15)28)7-23-24-16(27)9-32-19-26-25-17(31-19)8-30-14-3-2-12(21)6-13(14)22/h2-7,28H,8-9H2,1H3,(H,24,27)/b23-7-. The van der Waals surface area contributed by atoms with Gasteiger partial charge in [0.2, 0.25) is 0 Å². The first-order valence-corrected chi connectivity index (χ1v) is 11.3. The third kappa shape index (κ3) is 6.76. The van der Waals surface area contributed by atoms with Gasteiger partial charge in [0, 0.05) is 15.1 Å². The molecular formula is C19H15BrCl2N4O5S. The van der Waals surface area contributed by atoms with Crippen LogP contribution >= 0.6 is 50.9 Å². The van der Waals surface area contributed by atoms with Gasteiger partial charge in [-0.2, -0.15) is 5.10 Å². The molecule has 3 aromatic rings. The molecule has 0 aliphatic carbocycles. The average Bonchev–Trinajstić information content (AvgIpc) is 3.21. The predicted molar refractivity (Wildman–Crippen MR) is 124 cm³/mol. The fraction of sp³-hybridized carbons (Fsp3) is 0.158. The minimum atomic E-state index is -0.406. The van der Waals surface area contributed by atoms with Gasteiger partial charge in [0.15, 0.2) is 18.1 Å². The van der Waals surface area contributed by atoms with E-state index in [9.17, 15) is 9.90 Å². The number of hydrogen-bond donors (Lipinski definition) is 2. The van der Waals surface area contributed by atoms with E-state index in [2.05, 4.69) is 36.7 Å². The van der Waals surface area contributed by atoms with Gasteiger partial charge in [-0.1, -0.05) is 50.9 Å². The number of carbonyl (C=O) groups excluding carboxylic acids is 1. The number of amides is 1. The molecule has 0 radical (unpaired) electrons. The van der Waals surface area contributed by atoms with E-state index in [0.29, 0.717) is 25.8 Å². The molecule has 32 heavy (non-hydrogen) atoms. The number of benzene rings is 2. The second-order valence-electron chi connectivity index (χ2n) is 5.95. The van der Waals surface area contributed by atoms with E-state index in [-0.39, 0.29) is 35.0 Å². The van der Waals surface area contributed by atoms with Crippen LogP contribution in [0.3, 0.4) is 0 Å². The van der Waals surface area contributed by atoms with E-state index >= 15 is 0 Å². The number of rotatable bonds is 9. The summed E-state index contributed by atoms with van der Waals surface area (Å²) in [5.41, 5.74) is 2.72. The largest absolute Gasteiger partial charge is 0.504 e. The van der Waals surface area contributed by atoms with Crippen LogP contribution in [0.15, 0.2) is 49.5 Å². The van der Waals surface area contributed by atoms with Crippen LogP contribution in [0.25, 0.3) is 0 Å². The minimum absolute atomic E-state index is 0.00495. The van der Waals surface area contributed by atoms with Gasteiger partial charge in [-0.25, -0.2) is 5.43 Å². The van der Waals surface area contributed by atoms with E-state index in [1.54, 1.807) is 30.3 Å². The Balaban J connectivity index is 1.47. The highest BCUT2D eigenvalue weighted by Crippen LogP contribution is 2.32. The van der Waals surface area contributed by atoms with Crippen LogP contribution < -0.4 is 14.9 Å². The number of hydrazone groups is 1. The number of carbonyl (C=O) groups is 1. The van der Waals surface area contributed by atoms with E-state index in [4.69, 9.17) is 37.1 Å². The number of hydrogen-bond acceptors (Lipinski definition) is 9. The Morgan fingerprint density at radius 3 is 2.88 bits per heavy atom.